The lowest BCUT2D eigenvalue weighted by atomic mass is 9.94. The molecule has 1 atom stereocenters. The molecule has 1 unspecified atom stereocenters. The van der Waals surface area contributed by atoms with E-state index in [2.05, 4.69) is 5.32 Å². The van der Waals surface area contributed by atoms with E-state index in [-0.39, 0.29) is 29.8 Å². The Bertz CT molecular complexity index is 1830. The quantitative estimate of drug-likeness (QED) is 0.159. The minimum absolute atomic E-state index is 0.00494. The number of rotatable bonds is 12. The predicted molar refractivity (Wildman–Crippen MR) is 193 cm³/mol. The summed E-state index contributed by atoms with van der Waals surface area (Å²) in [6.45, 7) is 1.23. The summed E-state index contributed by atoms with van der Waals surface area (Å²) in [4.78, 5) is 30.4. The lowest BCUT2D eigenvalue weighted by Crippen LogP contribution is -2.55. The van der Waals surface area contributed by atoms with Gasteiger partial charge in [-0.3, -0.25) is 13.9 Å². The summed E-state index contributed by atoms with van der Waals surface area (Å²) in [7, 11) is -4.25. The smallest absolute Gasteiger partial charge is 0.264 e. The normalized spacial score (nSPS) is 14.2. The largest absolute Gasteiger partial charge is 0.352 e. The summed E-state index contributed by atoms with van der Waals surface area (Å²) in [5.74, 6) is -0.869. The molecule has 0 aliphatic heterocycles. The van der Waals surface area contributed by atoms with E-state index in [4.69, 9.17) is 34.8 Å². The van der Waals surface area contributed by atoms with Crippen molar-refractivity contribution in [2.75, 3.05) is 10.8 Å². The fourth-order valence-electron chi connectivity index (χ4n) is 5.98. The molecular weight excluding hydrogens is 689 g/mol. The van der Waals surface area contributed by atoms with Crippen LogP contribution in [-0.2, 0) is 32.6 Å². The second kappa shape index (κ2) is 16.2. The number of hydrogen-bond acceptors (Lipinski definition) is 4. The molecule has 0 aromatic heterocycles. The van der Waals surface area contributed by atoms with Crippen molar-refractivity contribution in [2.45, 2.75) is 69.0 Å². The Balaban J connectivity index is 1.58. The minimum Gasteiger partial charge on any atom is -0.352 e. The zero-order valence-electron chi connectivity index (χ0n) is 26.6. The number of aryl methyl sites for hydroxylation is 1. The Morgan fingerprint density at radius 2 is 1.52 bits per heavy atom. The lowest BCUT2D eigenvalue weighted by molar-refractivity contribution is -0.140. The number of sulfonamides is 1. The molecule has 0 heterocycles. The number of amides is 2. The molecule has 0 spiro atoms. The van der Waals surface area contributed by atoms with Gasteiger partial charge in [-0.05, 0) is 85.0 Å². The zero-order valence-corrected chi connectivity index (χ0v) is 29.7. The molecule has 1 aliphatic rings. The van der Waals surface area contributed by atoms with Gasteiger partial charge in [-0.2, -0.15) is 0 Å². The zero-order chi connectivity index (χ0) is 34.3. The molecule has 1 N–H and O–H groups in total. The van der Waals surface area contributed by atoms with E-state index in [1.54, 1.807) is 36.4 Å². The van der Waals surface area contributed by atoms with E-state index in [1.165, 1.54) is 29.2 Å². The molecular formula is C37H38Cl3N3O4S. The maximum atomic E-state index is 14.7. The highest BCUT2D eigenvalue weighted by molar-refractivity contribution is 7.92. The van der Waals surface area contributed by atoms with E-state index in [0.717, 1.165) is 47.5 Å². The summed E-state index contributed by atoms with van der Waals surface area (Å²) in [5.41, 5.74) is 2.55. The first kappa shape index (κ1) is 35.7. The van der Waals surface area contributed by atoms with Crippen LogP contribution in [-0.4, -0.2) is 43.8 Å². The van der Waals surface area contributed by atoms with Crippen LogP contribution in [0.4, 0.5) is 5.69 Å². The molecule has 48 heavy (non-hydrogen) atoms. The Labute approximate surface area is 297 Å². The topological polar surface area (TPSA) is 86.8 Å². The van der Waals surface area contributed by atoms with E-state index < -0.39 is 28.5 Å². The summed E-state index contributed by atoms with van der Waals surface area (Å²) in [6, 6.07) is 26.2. The number of nitrogens with zero attached hydrogens (tertiary/aromatic N) is 2. The van der Waals surface area contributed by atoms with Crippen LogP contribution >= 0.6 is 34.8 Å². The Morgan fingerprint density at radius 3 is 2.19 bits per heavy atom. The second-order valence-corrected chi connectivity index (χ2v) is 15.3. The highest BCUT2D eigenvalue weighted by atomic mass is 35.5. The van der Waals surface area contributed by atoms with Crippen molar-refractivity contribution in [1.29, 1.82) is 0 Å². The van der Waals surface area contributed by atoms with Crippen LogP contribution in [0.3, 0.4) is 0 Å². The van der Waals surface area contributed by atoms with Crippen molar-refractivity contribution in [1.82, 2.24) is 10.2 Å². The van der Waals surface area contributed by atoms with Crippen LogP contribution in [0.2, 0.25) is 15.1 Å². The summed E-state index contributed by atoms with van der Waals surface area (Å²) in [6.07, 6.45) is 5.10. The number of carbonyl (C=O) groups excluding carboxylic acids is 2. The Hall–Kier alpha value is -3.56. The van der Waals surface area contributed by atoms with Gasteiger partial charge < -0.3 is 10.2 Å². The van der Waals surface area contributed by atoms with E-state index in [0.29, 0.717) is 26.3 Å². The van der Waals surface area contributed by atoms with Gasteiger partial charge in [0.1, 0.15) is 12.6 Å². The third-order valence-electron chi connectivity index (χ3n) is 8.55. The predicted octanol–water partition coefficient (Wildman–Crippen LogP) is 8.24. The monoisotopic (exact) mass is 725 g/mol. The van der Waals surface area contributed by atoms with E-state index >= 15 is 0 Å². The molecule has 4 aromatic rings. The van der Waals surface area contributed by atoms with Crippen LogP contribution in [0.5, 0.6) is 0 Å². The average Bonchev–Trinajstić information content (AvgIpc) is 3.07. The molecule has 1 fully saturated rings. The van der Waals surface area contributed by atoms with Gasteiger partial charge in [-0.1, -0.05) is 103 Å². The summed E-state index contributed by atoms with van der Waals surface area (Å²) >= 11 is 18.9. The van der Waals surface area contributed by atoms with Crippen LogP contribution in [0.1, 0.15) is 48.8 Å². The van der Waals surface area contributed by atoms with Gasteiger partial charge in [0.2, 0.25) is 11.8 Å². The van der Waals surface area contributed by atoms with E-state index in [1.807, 2.05) is 43.3 Å². The van der Waals surface area contributed by atoms with Crippen molar-refractivity contribution in [3.05, 3.63) is 129 Å². The molecule has 5 rings (SSSR count). The fourth-order valence-corrected chi connectivity index (χ4v) is 7.98. The number of carbonyl (C=O) groups is 2. The van der Waals surface area contributed by atoms with Crippen LogP contribution in [0.25, 0.3) is 0 Å². The van der Waals surface area contributed by atoms with Crippen molar-refractivity contribution >= 4 is 62.3 Å². The number of benzene rings is 4. The molecule has 252 valence electrons. The average molecular weight is 727 g/mol. The van der Waals surface area contributed by atoms with Gasteiger partial charge in [0, 0.05) is 34.1 Å². The summed E-state index contributed by atoms with van der Waals surface area (Å²) < 4.78 is 29.5. The number of nitrogens with one attached hydrogen (secondary N) is 1. The lowest BCUT2D eigenvalue weighted by Gasteiger charge is -2.35. The molecule has 1 saturated carbocycles. The fraction of sp³-hybridized carbons (Fsp3) is 0.297. The highest BCUT2D eigenvalue weighted by Crippen LogP contribution is 2.28. The molecule has 4 aromatic carbocycles. The highest BCUT2D eigenvalue weighted by Gasteiger charge is 2.35. The first-order chi connectivity index (χ1) is 23.0. The molecule has 2 amide bonds. The van der Waals surface area contributed by atoms with Gasteiger partial charge in [0.05, 0.1) is 10.6 Å². The standard InChI is InChI=1S/C37H38Cl3N3O4S/c1-26-9-8-14-32(21-26)43(48(46,47)33-19-17-29(38)18-20-33)25-36(44)42(24-28-15-16-30(39)23-34(28)40)35(22-27-10-4-2-5-11-27)37(45)41-31-12-6-3-7-13-31/h2,4-5,8-11,14-21,23,31,35H,3,6-7,12-13,22,24-25H2,1H3,(H,41,45). The van der Waals surface area contributed by atoms with Crippen molar-refractivity contribution < 1.29 is 18.0 Å². The first-order valence-corrected chi connectivity index (χ1v) is 18.5. The molecule has 11 heteroatoms. The number of halogens is 3. The molecule has 0 radical (unpaired) electrons. The van der Waals surface area contributed by atoms with Crippen molar-refractivity contribution in [3.63, 3.8) is 0 Å². The second-order valence-electron chi connectivity index (χ2n) is 12.1. The van der Waals surface area contributed by atoms with Crippen LogP contribution in [0.15, 0.2) is 102 Å². The van der Waals surface area contributed by atoms with Crippen molar-refractivity contribution in [3.8, 4) is 0 Å². The Kier molecular flexibility index (Phi) is 12.1. The van der Waals surface area contributed by atoms with Gasteiger partial charge in [-0.15, -0.1) is 0 Å². The van der Waals surface area contributed by atoms with Gasteiger partial charge >= 0.3 is 0 Å². The third-order valence-corrected chi connectivity index (χ3v) is 11.2. The summed E-state index contributed by atoms with van der Waals surface area (Å²) in [5, 5.41) is 4.34. The number of anilines is 1. The van der Waals surface area contributed by atoms with E-state index in [9.17, 15) is 18.0 Å². The van der Waals surface area contributed by atoms with Gasteiger partial charge in [0.15, 0.2) is 0 Å². The van der Waals surface area contributed by atoms with Crippen molar-refractivity contribution in [2.24, 2.45) is 0 Å². The van der Waals surface area contributed by atoms with Crippen LogP contribution < -0.4 is 9.62 Å². The number of hydrogen-bond donors (Lipinski definition) is 1. The third kappa shape index (κ3) is 9.11. The molecule has 1 aliphatic carbocycles. The minimum atomic E-state index is -4.25. The van der Waals surface area contributed by atoms with Crippen LogP contribution in [0, 0.1) is 6.92 Å². The molecule has 7 nitrogen and oxygen atoms in total. The van der Waals surface area contributed by atoms with Gasteiger partial charge in [-0.25, -0.2) is 8.42 Å². The SMILES string of the molecule is Cc1cccc(N(CC(=O)N(Cc2ccc(Cl)cc2Cl)C(Cc2ccccc2)C(=O)NC2CCCCC2)S(=O)(=O)c2ccc(Cl)cc2)c1. The maximum absolute atomic E-state index is 14.7. The Morgan fingerprint density at radius 1 is 0.833 bits per heavy atom. The maximum Gasteiger partial charge on any atom is 0.264 e. The van der Waals surface area contributed by atoms with Gasteiger partial charge in [0.25, 0.3) is 10.0 Å². The first-order valence-electron chi connectivity index (χ1n) is 15.9. The molecule has 0 bridgehead atoms. The molecule has 0 saturated heterocycles.